The van der Waals surface area contributed by atoms with E-state index in [9.17, 15) is 4.79 Å². The summed E-state index contributed by atoms with van der Waals surface area (Å²) in [7, 11) is 1.59. The zero-order valence-corrected chi connectivity index (χ0v) is 13.0. The van der Waals surface area contributed by atoms with E-state index in [0.717, 1.165) is 11.3 Å². The quantitative estimate of drug-likeness (QED) is 0.890. The molecule has 0 aliphatic rings. The smallest absolute Gasteiger partial charge is 0.360 e. The van der Waals surface area contributed by atoms with E-state index in [4.69, 9.17) is 14.6 Å². The number of benzene rings is 1. The molecule has 0 saturated carbocycles. The summed E-state index contributed by atoms with van der Waals surface area (Å²) in [5.74, 6) is -0.448. The molecule has 0 bridgehead atoms. The van der Waals surface area contributed by atoms with Crippen molar-refractivity contribution in [1.82, 2.24) is 9.97 Å². The molecule has 2 rings (SSSR count). The van der Waals surface area contributed by atoms with Gasteiger partial charge in [-0.25, -0.2) is 14.8 Å². The Kier molecular flexibility index (Phi) is 4.74. The van der Waals surface area contributed by atoms with Crippen molar-refractivity contribution in [3.63, 3.8) is 0 Å². The average molecular weight is 353 g/mol. The van der Waals surface area contributed by atoms with E-state index in [0.29, 0.717) is 10.3 Å². The van der Waals surface area contributed by atoms with Crippen LogP contribution in [0.25, 0.3) is 0 Å². The van der Waals surface area contributed by atoms with Crippen molar-refractivity contribution in [3.8, 4) is 11.6 Å². The molecular weight excluding hydrogens is 340 g/mol. The van der Waals surface area contributed by atoms with Gasteiger partial charge in [-0.15, -0.1) is 0 Å². The third-order valence-electron chi connectivity index (χ3n) is 2.72. The topological polar surface area (TPSA) is 81.5 Å². The molecule has 0 aliphatic carbocycles. The van der Waals surface area contributed by atoms with Crippen molar-refractivity contribution in [2.45, 2.75) is 13.5 Å². The van der Waals surface area contributed by atoms with Crippen LogP contribution in [-0.2, 0) is 6.61 Å². The van der Waals surface area contributed by atoms with Crippen LogP contribution in [0.5, 0.6) is 11.6 Å². The number of halogens is 1. The summed E-state index contributed by atoms with van der Waals surface area (Å²) in [5, 5.41) is 9.13. The van der Waals surface area contributed by atoms with Gasteiger partial charge in [0.25, 0.3) is 0 Å². The molecule has 1 heterocycles. The van der Waals surface area contributed by atoms with Crippen molar-refractivity contribution in [3.05, 3.63) is 45.8 Å². The second-order valence-electron chi connectivity index (χ2n) is 4.20. The lowest BCUT2D eigenvalue weighted by Crippen LogP contribution is -2.09. The monoisotopic (exact) mass is 352 g/mol. The number of carboxylic acid groups (broad SMARTS) is 1. The highest BCUT2D eigenvalue weighted by Gasteiger charge is 2.17. The van der Waals surface area contributed by atoms with E-state index in [2.05, 4.69) is 25.9 Å². The molecule has 0 unspecified atom stereocenters. The normalized spacial score (nSPS) is 10.2. The molecule has 1 aromatic carbocycles. The number of hydrogen-bond acceptors (Lipinski definition) is 5. The molecule has 110 valence electrons. The van der Waals surface area contributed by atoms with Crippen LogP contribution in [0.15, 0.2) is 28.9 Å². The third kappa shape index (κ3) is 3.69. The molecule has 1 aromatic heterocycles. The number of methoxy groups -OCH3 is 1. The van der Waals surface area contributed by atoms with Gasteiger partial charge in [0.1, 0.15) is 17.0 Å². The van der Waals surface area contributed by atoms with Gasteiger partial charge in [-0.3, -0.25) is 0 Å². The number of aryl methyl sites for hydroxylation is 1. The fraction of sp³-hybridized carbons (Fsp3) is 0.214. The summed E-state index contributed by atoms with van der Waals surface area (Å²) < 4.78 is 10.9. The van der Waals surface area contributed by atoms with Crippen LogP contribution in [-0.4, -0.2) is 28.2 Å². The second-order valence-corrected chi connectivity index (χ2v) is 4.95. The Bertz CT molecular complexity index is 659. The minimum Gasteiger partial charge on any atom is -0.497 e. The van der Waals surface area contributed by atoms with Crippen LogP contribution in [0.1, 0.15) is 21.7 Å². The fourth-order valence-electron chi connectivity index (χ4n) is 1.59. The van der Waals surface area contributed by atoms with Gasteiger partial charge in [0.2, 0.25) is 11.6 Å². The zero-order chi connectivity index (χ0) is 15.4. The first kappa shape index (κ1) is 15.2. The standard InChI is InChI=1S/C14H13BrN2O4/c1-8-12(15)17-11(14(18)19)13(16-8)21-7-9-3-5-10(20-2)6-4-9/h3-6H,7H2,1-2H3,(H,18,19). The summed E-state index contributed by atoms with van der Waals surface area (Å²) in [5.41, 5.74) is 1.21. The van der Waals surface area contributed by atoms with Crippen LogP contribution in [0, 0.1) is 6.92 Å². The Balaban J connectivity index is 2.18. The summed E-state index contributed by atoms with van der Waals surface area (Å²) in [6, 6.07) is 7.27. The predicted molar refractivity (Wildman–Crippen MR) is 78.8 cm³/mol. The first-order valence-electron chi connectivity index (χ1n) is 6.04. The van der Waals surface area contributed by atoms with Crippen LogP contribution in [0.4, 0.5) is 0 Å². The molecule has 0 radical (unpaired) electrons. The molecule has 0 amide bonds. The van der Waals surface area contributed by atoms with Crippen LogP contribution >= 0.6 is 15.9 Å². The number of hydrogen-bond donors (Lipinski definition) is 1. The summed E-state index contributed by atoms with van der Waals surface area (Å²) in [4.78, 5) is 19.2. The zero-order valence-electron chi connectivity index (χ0n) is 11.5. The number of rotatable bonds is 5. The van der Waals surface area contributed by atoms with Gasteiger partial charge >= 0.3 is 5.97 Å². The molecule has 2 aromatic rings. The molecular formula is C14H13BrN2O4. The maximum absolute atomic E-state index is 11.2. The highest BCUT2D eigenvalue weighted by molar-refractivity contribution is 9.10. The van der Waals surface area contributed by atoms with Gasteiger partial charge in [0.05, 0.1) is 12.8 Å². The highest BCUT2D eigenvalue weighted by atomic mass is 79.9. The lowest BCUT2D eigenvalue weighted by Gasteiger charge is -2.09. The second kappa shape index (κ2) is 6.53. The first-order valence-corrected chi connectivity index (χ1v) is 6.83. The van der Waals surface area contributed by atoms with E-state index in [1.54, 1.807) is 26.2 Å². The lowest BCUT2D eigenvalue weighted by molar-refractivity contribution is 0.0683. The summed E-state index contributed by atoms with van der Waals surface area (Å²) in [6.07, 6.45) is 0. The van der Waals surface area contributed by atoms with Crippen LogP contribution in [0.2, 0.25) is 0 Å². The van der Waals surface area contributed by atoms with Crippen molar-refractivity contribution in [1.29, 1.82) is 0 Å². The Morgan fingerprint density at radius 1 is 1.29 bits per heavy atom. The molecule has 21 heavy (non-hydrogen) atoms. The number of nitrogens with zero attached hydrogens (tertiary/aromatic N) is 2. The Morgan fingerprint density at radius 3 is 2.52 bits per heavy atom. The molecule has 1 N–H and O–H groups in total. The van der Waals surface area contributed by atoms with E-state index in [1.807, 2.05) is 12.1 Å². The van der Waals surface area contributed by atoms with Gasteiger partial charge in [0.15, 0.2) is 0 Å². The SMILES string of the molecule is COc1ccc(COc2nc(C)c(Br)nc2C(=O)O)cc1. The van der Waals surface area contributed by atoms with E-state index < -0.39 is 5.97 Å². The summed E-state index contributed by atoms with van der Waals surface area (Å²) in [6.45, 7) is 1.91. The molecule has 7 heteroatoms. The van der Waals surface area contributed by atoms with Crippen LogP contribution < -0.4 is 9.47 Å². The number of carbonyl (C=O) groups is 1. The fourth-order valence-corrected chi connectivity index (χ4v) is 1.86. The Hall–Kier alpha value is -2.15. The molecule has 0 aliphatic heterocycles. The predicted octanol–water partition coefficient (Wildman–Crippen LogP) is 2.83. The number of aromatic carboxylic acids is 1. The van der Waals surface area contributed by atoms with Gasteiger partial charge in [-0.05, 0) is 40.5 Å². The maximum Gasteiger partial charge on any atom is 0.360 e. The number of carboxylic acids is 1. The molecule has 0 saturated heterocycles. The van der Waals surface area contributed by atoms with E-state index in [1.165, 1.54) is 0 Å². The minimum atomic E-state index is -1.19. The summed E-state index contributed by atoms with van der Waals surface area (Å²) >= 11 is 3.15. The minimum absolute atomic E-state index is 0.000909. The van der Waals surface area contributed by atoms with Crippen molar-refractivity contribution < 1.29 is 19.4 Å². The molecule has 0 atom stereocenters. The molecule has 0 spiro atoms. The average Bonchev–Trinajstić information content (AvgIpc) is 2.48. The van der Waals surface area contributed by atoms with Crippen LogP contribution in [0.3, 0.4) is 0 Å². The number of aromatic nitrogens is 2. The Morgan fingerprint density at radius 2 is 1.95 bits per heavy atom. The largest absolute Gasteiger partial charge is 0.497 e. The lowest BCUT2D eigenvalue weighted by atomic mass is 10.2. The highest BCUT2D eigenvalue weighted by Crippen LogP contribution is 2.21. The van der Waals surface area contributed by atoms with Gasteiger partial charge in [-0.1, -0.05) is 12.1 Å². The van der Waals surface area contributed by atoms with E-state index >= 15 is 0 Å². The first-order chi connectivity index (χ1) is 10.0. The number of ether oxygens (including phenoxy) is 2. The van der Waals surface area contributed by atoms with Crippen molar-refractivity contribution >= 4 is 21.9 Å². The van der Waals surface area contributed by atoms with Crippen molar-refractivity contribution in [2.24, 2.45) is 0 Å². The van der Waals surface area contributed by atoms with Gasteiger partial charge < -0.3 is 14.6 Å². The van der Waals surface area contributed by atoms with Gasteiger partial charge in [-0.2, -0.15) is 0 Å². The van der Waals surface area contributed by atoms with E-state index in [-0.39, 0.29) is 18.2 Å². The Labute approximate surface area is 129 Å². The molecule has 0 fully saturated rings. The third-order valence-corrected chi connectivity index (χ3v) is 3.47. The molecule has 6 nitrogen and oxygen atoms in total. The van der Waals surface area contributed by atoms with Gasteiger partial charge in [0, 0.05) is 0 Å². The van der Waals surface area contributed by atoms with Crippen molar-refractivity contribution in [2.75, 3.05) is 7.11 Å². The maximum atomic E-state index is 11.2.